The summed E-state index contributed by atoms with van der Waals surface area (Å²) in [6, 6.07) is -0.547. The van der Waals surface area contributed by atoms with Gasteiger partial charge in [0.15, 0.2) is 0 Å². The summed E-state index contributed by atoms with van der Waals surface area (Å²) in [5, 5.41) is 10.3. The molecule has 1 aliphatic heterocycles. The molecule has 98 valence electrons. The second-order valence-electron chi connectivity index (χ2n) is 4.51. The monoisotopic (exact) mass is 244 g/mol. The van der Waals surface area contributed by atoms with Gasteiger partial charge in [-0.15, -0.1) is 0 Å². The van der Waals surface area contributed by atoms with Gasteiger partial charge >= 0.3 is 12.0 Å². The van der Waals surface area contributed by atoms with Crippen LogP contribution in [0.15, 0.2) is 0 Å². The summed E-state index contributed by atoms with van der Waals surface area (Å²) in [5.74, 6) is -0.502. The summed E-state index contributed by atoms with van der Waals surface area (Å²) in [4.78, 5) is 24.2. The van der Waals surface area contributed by atoms with Gasteiger partial charge in [0, 0.05) is 25.9 Å². The van der Waals surface area contributed by atoms with Crippen LogP contribution < -0.4 is 0 Å². The summed E-state index contributed by atoms with van der Waals surface area (Å²) in [5.41, 5.74) is -0.428. The fourth-order valence-electron chi connectivity index (χ4n) is 2.31. The lowest BCUT2D eigenvalue weighted by Crippen LogP contribution is -2.63. The quantitative estimate of drug-likeness (QED) is 0.602. The molecule has 1 fully saturated rings. The van der Waals surface area contributed by atoms with Gasteiger partial charge in [0.1, 0.15) is 0 Å². The summed E-state index contributed by atoms with van der Waals surface area (Å²) < 4.78 is 5.11. The van der Waals surface area contributed by atoms with Gasteiger partial charge in [-0.1, -0.05) is 13.8 Å². The minimum Gasteiger partial charge on any atom is -0.439 e. The first-order chi connectivity index (χ1) is 7.88. The highest BCUT2D eigenvalue weighted by molar-refractivity contribution is 5.75. The van der Waals surface area contributed by atoms with Crippen LogP contribution in [0, 0.1) is 5.41 Å². The Morgan fingerprint density at radius 2 is 2.06 bits per heavy atom. The normalized spacial score (nSPS) is 23.8. The number of hydrogen-bond acceptors (Lipinski definition) is 4. The lowest BCUT2D eigenvalue weighted by Gasteiger charge is -2.48. The third-order valence-corrected chi connectivity index (χ3v) is 3.51. The van der Waals surface area contributed by atoms with Gasteiger partial charge in [0.2, 0.25) is 6.23 Å². The number of esters is 1. The molecule has 0 aromatic carbocycles. The zero-order valence-corrected chi connectivity index (χ0v) is 10.8. The molecule has 1 atom stereocenters. The van der Waals surface area contributed by atoms with Crippen LogP contribution in [-0.2, 0) is 9.53 Å². The van der Waals surface area contributed by atoms with Crippen molar-refractivity contribution in [2.75, 3.05) is 13.6 Å². The highest BCUT2D eigenvalue weighted by atomic mass is 16.6. The number of nitrogens with zero attached hydrogens (tertiary/aromatic N) is 2. The standard InChI is InChI=1S/C11H20N2O4/c1-5-11(6-2)7-12(4)10(15)13(16)9(11)17-8(3)14/h9,16H,5-7H2,1-4H3. The maximum Gasteiger partial charge on any atom is 0.346 e. The minimum absolute atomic E-state index is 0.428. The van der Waals surface area contributed by atoms with E-state index in [-0.39, 0.29) is 0 Å². The van der Waals surface area contributed by atoms with E-state index in [4.69, 9.17) is 4.74 Å². The molecule has 0 aliphatic carbocycles. The molecule has 0 radical (unpaired) electrons. The molecule has 6 heteroatoms. The number of carbonyl (C=O) groups is 2. The molecule has 0 saturated carbocycles. The molecule has 0 spiro atoms. The Morgan fingerprint density at radius 3 is 2.47 bits per heavy atom. The fourth-order valence-corrected chi connectivity index (χ4v) is 2.31. The van der Waals surface area contributed by atoms with E-state index >= 15 is 0 Å². The first-order valence-electron chi connectivity index (χ1n) is 5.78. The Bertz CT molecular complexity index is 315. The fraction of sp³-hybridized carbons (Fsp3) is 0.818. The van der Waals surface area contributed by atoms with Gasteiger partial charge in [-0.3, -0.25) is 10.0 Å². The van der Waals surface area contributed by atoms with E-state index in [1.165, 1.54) is 11.8 Å². The van der Waals surface area contributed by atoms with Crippen molar-refractivity contribution in [2.24, 2.45) is 5.41 Å². The average Bonchev–Trinajstić information content (AvgIpc) is 2.29. The number of hydroxylamine groups is 2. The lowest BCUT2D eigenvalue weighted by atomic mass is 9.78. The number of ether oxygens (including phenoxy) is 1. The van der Waals surface area contributed by atoms with Crippen LogP contribution in [0.4, 0.5) is 4.79 Å². The molecule has 6 nitrogen and oxygen atoms in total. The van der Waals surface area contributed by atoms with Crippen molar-refractivity contribution in [1.29, 1.82) is 0 Å². The van der Waals surface area contributed by atoms with Gasteiger partial charge in [-0.05, 0) is 12.8 Å². The predicted molar refractivity (Wildman–Crippen MR) is 60.2 cm³/mol. The molecule has 1 unspecified atom stereocenters. The van der Waals surface area contributed by atoms with Crippen molar-refractivity contribution in [3.8, 4) is 0 Å². The Balaban J connectivity index is 3.06. The first-order valence-corrected chi connectivity index (χ1v) is 5.78. The number of rotatable bonds is 3. The smallest absolute Gasteiger partial charge is 0.346 e. The minimum atomic E-state index is -0.904. The molecule has 17 heavy (non-hydrogen) atoms. The largest absolute Gasteiger partial charge is 0.439 e. The van der Waals surface area contributed by atoms with Crippen molar-refractivity contribution < 1.29 is 19.5 Å². The van der Waals surface area contributed by atoms with Crippen LogP contribution in [0.25, 0.3) is 0 Å². The summed E-state index contributed by atoms with van der Waals surface area (Å²) in [6.45, 7) is 5.65. The molecule has 1 heterocycles. The summed E-state index contributed by atoms with van der Waals surface area (Å²) in [6.07, 6.45) is 0.505. The maximum atomic E-state index is 11.6. The van der Waals surface area contributed by atoms with Crippen molar-refractivity contribution in [3.63, 3.8) is 0 Å². The second-order valence-corrected chi connectivity index (χ2v) is 4.51. The number of hydrogen-bond donors (Lipinski definition) is 1. The molecular formula is C11H20N2O4. The number of carbonyl (C=O) groups excluding carboxylic acids is 2. The molecule has 0 aromatic rings. The second kappa shape index (κ2) is 4.91. The Labute approximate surface area is 101 Å². The van der Waals surface area contributed by atoms with E-state index in [1.54, 1.807) is 7.05 Å². The van der Waals surface area contributed by atoms with E-state index in [1.807, 2.05) is 13.8 Å². The predicted octanol–water partition coefficient (Wildman–Crippen LogP) is 1.44. The van der Waals surface area contributed by atoms with Gasteiger partial charge < -0.3 is 9.64 Å². The Kier molecular flexibility index (Phi) is 3.98. The first kappa shape index (κ1) is 13.8. The van der Waals surface area contributed by atoms with Crippen LogP contribution in [0.2, 0.25) is 0 Å². The SMILES string of the molecule is CCC1(CC)CN(C)C(=O)N(O)C1OC(C)=O. The molecule has 1 aliphatic rings. The van der Waals surface area contributed by atoms with Crippen molar-refractivity contribution >= 4 is 12.0 Å². The van der Waals surface area contributed by atoms with E-state index in [9.17, 15) is 14.8 Å². The van der Waals surface area contributed by atoms with Gasteiger partial charge in [-0.25, -0.2) is 4.79 Å². The zero-order valence-electron chi connectivity index (χ0n) is 10.8. The van der Waals surface area contributed by atoms with Gasteiger partial charge in [-0.2, -0.15) is 5.06 Å². The average molecular weight is 244 g/mol. The molecular weight excluding hydrogens is 224 g/mol. The summed E-state index contributed by atoms with van der Waals surface area (Å²) in [7, 11) is 1.62. The maximum absolute atomic E-state index is 11.6. The van der Waals surface area contributed by atoms with Crippen LogP contribution in [-0.4, -0.2) is 47.0 Å². The number of amides is 2. The Morgan fingerprint density at radius 1 is 1.53 bits per heavy atom. The zero-order chi connectivity index (χ0) is 13.2. The molecule has 1 N–H and O–H groups in total. The van der Waals surface area contributed by atoms with Crippen LogP contribution in [0.3, 0.4) is 0 Å². The van der Waals surface area contributed by atoms with Gasteiger partial charge in [0.25, 0.3) is 0 Å². The summed E-state index contributed by atoms with van der Waals surface area (Å²) >= 11 is 0. The van der Waals surface area contributed by atoms with Crippen molar-refractivity contribution in [2.45, 2.75) is 39.8 Å². The highest BCUT2D eigenvalue weighted by Gasteiger charge is 2.49. The number of urea groups is 1. The third kappa shape index (κ3) is 2.36. The van der Waals surface area contributed by atoms with Crippen LogP contribution in [0.1, 0.15) is 33.6 Å². The molecule has 1 saturated heterocycles. The van der Waals surface area contributed by atoms with E-state index in [2.05, 4.69) is 0 Å². The van der Waals surface area contributed by atoms with E-state index < -0.39 is 23.6 Å². The molecule has 0 aromatic heterocycles. The van der Waals surface area contributed by atoms with E-state index in [0.29, 0.717) is 24.4 Å². The van der Waals surface area contributed by atoms with E-state index in [0.717, 1.165) is 0 Å². The Hall–Kier alpha value is -1.30. The highest BCUT2D eigenvalue weighted by Crippen LogP contribution is 2.38. The van der Waals surface area contributed by atoms with Crippen LogP contribution in [0.5, 0.6) is 0 Å². The molecule has 1 rings (SSSR count). The molecule has 0 bridgehead atoms. The third-order valence-electron chi connectivity index (χ3n) is 3.51. The topological polar surface area (TPSA) is 70.1 Å². The van der Waals surface area contributed by atoms with Crippen LogP contribution >= 0.6 is 0 Å². The molecule has 2 amide bonds. The van der Waals surface area contributed by atoms with Gasteiger partial charge in [0.05, 0.1) is 0 Å². The van der Waals surface area contributed by atoms with Crippen molar-refractivity contribution in [1.82, 2.24) is 9.96 Å². The lowest BCUT2D eigenvalue weighted by molar-refractivity contribution is -0.243. The van der Waals surface area contributed by atoms with Crippen molar-refractivity contribution in [3.05, 3.63) is 0 Å².